The largest absolute Gasteiger partial charge is 0.493 e. The molecule has 12 nitrogen and oxygen atoms in total. The summed E-state index contributed by atoms with van der Waals surface area (Å²) < 4.78 is 20.7. The summed E-state index contributed by atoms with van der Waals surface area (Å²) in [4.78, 5) is 27.5. The predicted octanol–water partition coefficient (Wildman–Crippen LogP) is 1.25. The van der Waals surface area contributed by atoms with Crippen molar-refractivity contribution >= 4 is 23.5 Å². The number of nitrogens with zero attached hydrogens (tertiary/aromatic N) is 5. The zero-order valence-corrected chi connectivity index (χ0v) is 27.4. The minimum atomic E-state index is -1.64. The molecule has 14 heteroatoms. The second kappa shape index (κ2) is 16.2. The molecule has 3 aliphatic heterocycles. The van der Waals surface area contributed by atoms with Gasteiger partial charge in [0.15, 0.2) is 0 Å². The van der Waals surface area contributed by atoms with E-state index in [2.05, 4.69) is 14.9 Å². The number of likely N-dealkylation sites (tertiary alicyclic amines) is 2. The van der Waals surface area contributed by atoms with Crippen molar-refractivity contribution < 1.29 is 39.5 Å². The summed E-state index contributed by atoms with van der Waals surface area (Å²) in [6.45, 7) is 4.22. The molecular formula is C33H47ClFN5O7. The van der Waals surface area contributed by atoms with Crippen LogP contribution < -0.4 is 9.64 Å². The van der Waals surface area contributed by atoms with Crippen LogP contribution in [0, 0.1) is 17.2 Å². The summed E-state index contributed by atoms with van der Waals surface area (Å²) in [5.41, 5.74) is 0.355. The van der Waals surface area contributed by atoms with Gasteiger partial charge in [-0.25, -0.2) is 14.4 Å². The van der Waals surface area contributed by atoms with Gasteiger partial charge < -0.3 is 40.1 Å². The first-order chi connectivity index (χ1) is 22.6. The van der Waals surface area contributed by atoms with Crippen molar-refractivity contribution in [2.75, 3.05) is 63.9 Å². The number of aromatic nitrogens is 2. The fourth-order valence-electron chi connectivity index (χ4n) is 7.00. The van der Waals surface area contributed by atoms with Crippen molar-refractivity contribution in [2.45, 2.75) is 69.4 Å². The molecule has 4 atom stereocenters. The van der Waals surface area contributed by atoms with E-state index in [0.717, 1.165) is 51.6 Å². The highest BCUT2D eigenvalue weighted by Crippen LogP contribution is 2.40. The molecule has 0 saturated carbocycles. The first-order valence-corrected chi connectivity index (χ1v) is 16.9. The predicted molar refractivity (Wildman–Crippen MR) is 173 cm³/mol. The molecule has 5 N–H and O–H groups in total. The van der Waals surface area contributed by atoms with Gasteiger partial charge in [-0.1, -0.05) is 17.7 Å². The number of halogens is 2. The van der Waals surface area contributed by atoms with Gasteiger partial charge in [0.2, 0.25) is 11.9 Å². The second-order valence-electron chi connectivity index (χ2n) is 13.4. The number of hydrogen-bond acceptors (Lipinski definition) is 11. The van der Waals surface area contributed by atoms with Gasteiger partial charge in [-0.15, -0.1) is 0 Å². The third kappa shape index (κ3) is 9.28. The molecule has 2 aromatic rings. The molecule has 0 bridgehead atoms. The van der Waals surface area contributed by atoms with Crippen LogP contribution in [0.4, 0.5) is 10.3 Å². The zero-order chi connectivity index (χ0) is 33.6. The average Bonchev–Trinajstić information content (AvgIpc) is 3.07. The number of hydrogen-bond donors (Lipinski definition) is 5. The number of rotatable bonds is 14. The van der Waals surface area contributed by atoms with Gasteiger partial charge in [0, 0.05) is 51.9 Å². The van der Waals surface area contributed by atoms with Gasteiger partial charge in [0.1, 0.15) is 29.9 Å². The summed E-state index contributed by atoms with van der Waals surface area (Å²) in [6.07, 6.45) is 2.77. The lowest BCUT2D eigenvalue weighted by Gasteiger charge is -2.54. The van der Waals surface area contributed by atoms with E-state index < -0.39 is 36.8 Å². The Morgan fingerprint density at radius 3 is 2.32 bits per heavy atom. The van der Waals surface area contributed by atoms with Gasteiger partial charge >= 0.3 is 0 Å². The lowest BCUT2D eigenvalue weighted by atomic mass is 9.71. The number of β-amino-alcohol motifs (C(OH)–C–C–N with tert-alkyl or cyclic N) is 1. The van der Waals surface area contributed by atoms with Crippen LogP contribution in [0.5, 0.6) is 5.75 Å². The highest BCUT2D eigenvalue weighted by atomic mass is 35.5. The number of anilines is 1. The van der Waals surface area contributed by atoms with Crippen molar-refractivity contribution in [3.05, 3.63) is 47.0 Å². The number of carbonyl (C=O) groups excluding carboxylic acids is 1. The summed E-state index contributed by atoms with van der Waals surface area (Å²) in [5, 5.41) is 49.1. The molecule has 3 aliphatic rings. The number of ether oxygens (including phenoxy) is 1. The van der Waals surface area contributed by atoms with E-state index in [1.807, 2.05) is 4.90 Å². The Hall–Kier alpha value is -2.65. The Balaban J connectivity index is 0.968. The van der Waals surface area contributed by atoms with E-state index in [4.69, 9.17) is 21.4 Å². The molecule has 5 rings (SSSR count). The first-order valence-electron chi connectivity index (χ1n) is 16.5. The molecular weight excluding hydrogens is 633 g/mol. The van der Waals surface area contributed by atoms with Crippen LogP contribution in [0.2, 0.25) is 5.02 Å². The number of piperidine rings is 2. The topological polar surface area (TPSA) is 163 Å². The maximum Gasteiger partial charge on any atom is 0.227 e. The molecule has 4 heterocycles. The summed E-state index contributed by atoms with van der Waals surface area (Å²) in [5.74, 6) is 1.20. The monoisotopic (exact) mass is 679 g/mol. The molecule has 1 spiro atoms. The van der Waals surface area contributed by atoms with E-state index in [9.17, 15) is 29.6 Å². The van der Waals surface area contributed by atoms with Crippen molar-refractivity contribution in [3.63, 3.8) is 0 Å². The van der Waals surface area contributed by atoms with Gasteiger partial charge in [-0.2, -0.15) is 0 Å². The fourth-order valence-corrected chi connectivity index (χ4v) is 7.10. The molecule has 1 aromatic carbocycles. The lowest BCUT2D eigenvalue weighted by molar-refractivity contribution is -0.141. The van der Waals surface area contributed by atoms with Crippen LogP contribution >= 0.6 is 11.6 Å². The van der Waals surface area contributed by atoms with E-state index >= 15 is 0 Å². The van der Waals surface area contributed by atoms with Crippen molar-refractivity contribution in [1.29, 1.82) is 0 Å². The van der Waals surface area contributed by atoms with Crippen LogP contribution in [0.15, 0.2) is 30.6 Å². The van der Waals surface area contributed by atoms with Gasteiger partial charge in [0.05, 0.1) is 43.2 Å². The van der Waals surface area contributed by atoms with Gasteiger partial charge in [0.25, 0.3) is 0 Å². The van der Waals surface area contributed by atoms with Crippen molar-refractivity contribution in [3.8, 4) is 5.75 Å². The summed E-state index contributed by atoms with van der Waals surface area (Å²) >= 11 is 5.89. The minimum Gasteiger partial charge on any atom is -0.493 e. The number of aliphatic hydroxyl groups excluding tert-OH is 5. The maximum atomic E-state index is 14.9. The Labute approximate surface area is 279 Å². The third-order valence-electron chi connectivity index (χ3n) is 9.96. The van der Waals surface area contributed by atoms with E-state index in [1.54, 1.807) is 29.4 Å². The third-order valence-corrected chi connectivity index (χ3v) is 10.2. The second-order valence-corrected chi connectivity index (χ2v) is 13.8. The highest BCUT2D eigenvalue weighted by Gasteiger charge is 2.46. The zero-order valence-electron chi connectivity index (χ0n) is 26.6. The smallest absolute Gasteiger partial charge is 0.227 e. The van der Waals surface area contributed by atoms with Crippen LogP contribution in [0.25, 0.3) is 0 Å². The van der Waals surface area contributed by atoms with E-state index in [1.165, 1.54) is 6.07 Å². The van der Waals surface area contributed by atoms with E-state index in [0.29, 0.717) is 61.0 Å². The molecule has 3 saturated heterocycles. The Bertz CT molecular complexity index is 1300. The number of carbonyl (C=O) groups is 1. The normalized spacial score (nSPS) is 21.3. The number of amides is 1. The quantitative estimate of drug-likeness (QED) is 0.183. The van der Waals surface area contributed by atoms with Gasteiger partial charge in [-0.05, 0) is 61.5 Å². The van der Waals surface area contributed by atoms with Crippen LogP contribution in [0.3, 0.4) is 0 Å². The first kappa shape index (κ1) is 35.7. The van der Waals surface area contributed by atoms with Crippen LogP contribution in [-0.4, -0.2) is 135 Å². The molecule has 3 fully saturated rings. The number of benzene rings is 1. The van der Waals surface area contributed by atoms with E-state index in [-0.39, 0.29) is 24.3 Å². The molecule has 1 aromatic heterocycles. The molecule has 1 amide bonds. The van der Waals surface area contributed by atoms with Crippen LogP contribution in [0.1, 0.15) is 44.1 Å². The average molecular weight is 680 g/mol. The summed E-state index contributed by atoms with van der Waals surface area (Å²) in [6, 6.07) is 4.71. The van der Waals surface area contributed by atoms with Gasteiger partial charge in [-0.3, -0.25) is 9.69 Å². The fraction of sp³-hybridized carbons (Fsp3) is 0.667. The molecule has 0 aliphatic carbocycles. The summed E-state index contributed by atoms with van der Waals surface area (Å²) in [7, 11) is 0. The Morgan fingerprint density at radius 2 is 1.68 bits per heavy atom. The highest BCUT2D eigenvalue weighted by molar-refractivity contribution is 6.30. The SMILES string of the molecule is O=C(Cc1ccc(OCCCC2CCN(c3ncc(Cl)cn3)CC2)cc1F)N1CCC2(CC1)CN(C[C@H](O)[C@@H](O)[C@H](O)[C@H](O)CO)C2. The molecule has 47 heavy (non-hydrogen) atoms. The maximum absolute atomic E-state index is 14.9. The van der Waals surface area contributed by atoms with Crippen LogP contribution in [-0.2, 0) is 11.2 Å². The van der Waals surface area contributed by atoms with Crippen molar-refractivity contribution in [2.24, 2.45) is 11.3 Å². The standard InChI is InChI=1S/C33H47ClFN5O7/c34-24-16-36-32(37-17-24)40-9-5-22(6-10-40)2-1-13-47-25-4-3-23(26(35)15-25)14-29(44)39-11-7-33(8-12-39)20-38(21-33)18-27(42)30(45)31(46)28(43)19-41/h3-4,15-17,22,27-28,30-31,41-43,45-46H,1-2,5-14,18-21H2/t27-,28+,30+,31+/m0/s1. The molecule has 0 radical (unpaired) electrons. The molecule has 260 valence electrons. The van der Waals surface area contributed by atoms with Crippen molar-refractivity contribution in [1.82, 2.24) is 19.8 Å². The number of aliphatic hydroxyl groups is 5. The Kier molecular flexibility index (Phi) is 12.3. The lowest BCUT2D eigenvalue weighted by Crippen LogP contribution is -2.63. The minimum absolute atomic E-state index is 0.0125. The Morgan fingerprint density at radius 1 is 1.02 bits per heavy atom. The molecule has 0 unspecified atom stereocenters.